The molecule has 0 N–H and O–H groups in total. The van der Waals surface area contributed by atoms with E-state index in [1.54, 1.807) is 0 Å². The summed E-state index contributed by atoms with van der Waals surface area (Å²) in [4.78, 5) is 35.8. The molecule has 0 spiro atoms. The van der Waals surface area contributed by atoms with E-state index >= 15 is 0 Å². The molecule has 0 bridgehead atoms. The highest BCUT2D eigenvalue weighted by atomic mass is 16.6. The SMILES string of the molecule is C=C[C@]1(C)CC[C@H]2C(=C[C@@H](OC(C)=O)C3[C@@](C)(COC(C)=O)CCC[C@]32C)[C@H]1OC(C)=O. The van der Waals surface area contributed by atoms with Crippen molar-refractivity contribution in [1.29, 1.82) is 0 Å². The summed E-state index contributed by atoms with van der Waals surface area (Å²) in [5, 5.41) is 0. The number of rotatable bonds is 5. The number of carbonyl (C=O) groups is 3. The molecule has 1 unspecified atom stereocenters. The molecular weight excluding hydrogens is 408 g/mol. The molecule has 7 atom stereocenters. The lowest BCUT2D eigenvalue weighted by atomic mass is 9.44. The Labute approximate surface area is 191 Å². The van der Waals surface area contributed by atoms with Crippen LogP contribution in [-0.4, -0.2) is 36.7 Å². The maximum absolute atomic E-state index is 12.1. The zero-order valence-corrected chi connectivity index (χ0v) is 20.4. The average molecular weight is 447 g/mol. The normalized spacial score (nSPS) is 40.8. The Morgan fingerprint density at radius 2 is 1.69 bits per heavy atom. The largest absolute Gasteiger partial charge is 0.465 e. The molecule has 3 aliphatic rings. The molecule has 0 saturated heterocycles. The Kier molecular flexibility index (Phi) is 6.65. The van der Waals surface area contributed by atoms with Crippen LogP contribution in [0, 0.1) is 28.1 Å². The van der Waals surface area contributed by atoms with Gasteiger partial charge in [0.05, 0.1) is 6.61 Å². The van der Waals surface area contributed by atoms with Gasteiger partial charge in [0.25, 0.3) is 0 Å². The summed E-state index contributed by atoms with van der Waals surface area (Å²) < 4.78 is 17.3. The van der Waals surface area contributed by atoms with E-state index in [2.05, 4.69) is 27.4 Å². The van der Waals surface area contributed by atoms with Gasteiger partial charge < -0.3 is 14.2 Å². The van der Waals surface area contributed by atoms with Crippen LogP contribution in [0.2, 0.25) is 0 Å². The van der Waals surface area contributed by atoms with Crippen molar-refractivity contribution in [3.05, 3.63) is 24.3 Å². The van der Waals surface area contributed by atoms with Gasteiger partial charge >= 0.3 is 17.9 Å². The van der Waals surface area contributed by atoms with Crippen LogP contribution >= 0.6 is 0 Å². The number of fused-ring (bicyclic) bond motifs is 3. The molecule has 0 radical (unpaired) electrons. The minimum atomic E-state index is -0.477. The monoisotopic (exact) mass is 446 g/mol. The Hall–Kier alpha value is -2.11. The molecule has 0 aromatic carbocycles. The van der Waals surface area contributed by atoms with Crippen molar-refractivity contribution < 1.29 is 28.6 Å². The van der Waals surface area contributed by atoms with Crippen LogP contribution in [0.5, 0.6) is 0 Å². The van der Waals surface area contributed by atoms with Crippen LogP contribution in [0.15, 0.2) is 24.3 Å². The van der Waals surface area contributed by atoms with Crippen molar-refractivity contribution in [2.24, 2.45) is 28.1 Å². The van der Waals surface area contributed by atoms with Crippen LogP contribution in [0.1, 0.15) is 73.6 Å². The zero-order chi connectivity index (χ0) is 23.9. The van der Waals surface area contributed by atoms with Gasteiger partial charge in [0, 0.05) is 37.5 Å². The summed E-state index contributed by atoms with van der Waals surface area (Å²) >= 11 is 0. The van der Waals surface area contributed by atoms with E-state index in [4.69, 9.17) is 14.2 Å². The molecule has 0 aromatic heterocycles. The van der Waals surface area contributed by atoms with Crippen molar-refractivity contribution in [2.45, 2.75) is 85.9 Å². The molecule has 0 aromatic rings. The third-order valence-corrected chi connectivity index (χ3v) is 8.34. The first kappa shape index (κ1) is 24.5. The fraction of sp³-hybridized carbons (Fsp3) is 0.731. The number of hydrogen-bond acceptors (Lipinski definition) is 6. The minimum absolute atomic E-state index is 0.00758. The molecular formula is C26H38O6. The standard InChI is InChI=1S/C26H38O6/c1-8-24(5)13-10-20-19(23(24)32-18(4)29)14-21(31-17(3)28)22-25(6,15-30-16(2)27)11-9-12-26(20,22)7/h8,14,20-23H,1,9-13,15H2,2-7H3/t20-,21+,22?,23+,24+,25+,26-/m0/s1. The van der Waals surface area contributed by atoms with E-state index < -0.39 is 12.2 Å². The second-order valence-electron chi connectivity index (χ2n) is 10.8. The van der Waals surface area contributed by atoms with Gasteiger partial charge in [-0.2, -0.15) is 0 Å². The van der Waals surface area contributed by atoms with Crippen molar-refractivity contribution in [1.82, 2.24) is 0 Å². The maximum Gasteiger partial charge on any atom is 0.303 e. The summed E-state index contributed by atoms with van der Waals surface area (Å²) in [7, 11) is 0. The molecule has 3 rings (SSSR count). The molecule has 0 aliphatic heterocycles. The fourth-order valence-corrected chi connectivity index (χ4v) is 6.96. The van der Waals surface area contributed by atoms with E-state index in [0.717, 1.165) is 37.7 Å². The van der Waals surface area contributed by atoms with Gasteiger partial charge in [0.1, 0.15) is 12.2 Å². The second kappa shape index (κ2) is 8.68. The van der Waals surface area contributed by atoms with Gasteiger partial charge in [0.15, 0.2) is 0 Å². The summed E-state index contributed by atoms with van der Waals surface area (Å²) in [6.45, 7) is 15.1. The average Bonchev–Trinajstić information content (AvgIpc) is 2.68. The minimum Gasteiger partial charge on any atom is -0.465 e. The van der Waals surface area contributed by atoms with Crippen LogP contribution in [0.4, 0.5) is 0 Å². The van der Waals surface area contributed by atoms with Crippen molar-refractivity contribution in [3.8, 4) is 0 Å². The lowest BCUT2D eigenvalue weighted by Gasteiger charge is -2.62. The molecule has 32 heavy (non-hydrogen) atoms. The topological polar surface area (TPSA) is 78.9 Å². The van der Waals surface area contributed by atoms with Crippen LogP contribution in [0.25, 0.3) is 0 Å². The second-order valence-corrected chi connectivity index (χ2v) is 10.8. The quantitative estimate of drug-likeness (QED) is 0.344. The van der Waals surface area contributed by atoms with Gasteiger partial charge in [-0.1, -0.05) is 33.3 Å². The highest BCUT2D eigenvalue weighted by Gasteiger charge is 2.62. The van der Waals surface area contributed by atoms with Gasteiger partial charge in [-0.15, -0.1) is 6.58 Å². The molecule has 178 valence electrons. The molecule has 0 amide bonds. The number of hydrogen-bond donors (Lipinski definition) is 0. The third kappa shape index (κ3) is 4.25. The third-order valence-electron chi connectivity index (χ3n) is 8.34. The lowest BCUT2D eigenvalue weighted by molar-refractivity contribution is -0.179. The Balaban J connectivity index is 2.14. The number of ether oxygens (including phenoxy) is 3. The van der Waals surface area contributed by atoms with Crippen LogP contribution in [0.3, 0.4) is 0 Å². The van der Waals surface area contributed by atoms with E-state index in [-0.39, 0.29) is 46.0 Å². The fourth-order valence-electron chi connectivity index (χ4n) is 6.96. The first-order valence-corrected chi connectivity index (χ1v) is 11.7. The molecule has 2 saturated carbocycles. The predicted molar refractivity (Wildman–Crippen MR) is 120 cm³/mol. The van der Waals surface area contributed by atoms with Gasteiger partial charge in [-0.25, -0.2) is 0 Å². The molecule has 6 nitrogen and oxygen atoms in total. The predicted octanol–water partition coefficient (Wildman–Crippen LogP) is 4.77. The first-order chi connectivity index (χ1) is 14.9. The lowest BCUT2D eigenvalue weighted by Crippen LogP contribution is -2.60. The van der Waals surface area contributed by atoms with E-state index in [9.17, 15) is 14.4 Å². The van der Waals surface area contributed by atoms with Crippen LogP contribution in [-0.2, 0) is 28.6 Å². The Morgan fingerprint density at radius 3 is 2.25 bits per heavy atom. The number of carbonyl (C=O) groups excluding carboxylic acids is 3. The smallest absolute Gasteiger partial charge is 0.303 e. The molecule has 0 heterocycles. The zero-order valence-electron chi connectivity index (χ0n) is 20.4. The van der Waals surface area contributed by atoms with Gasteiger partial charge in [-0.3, -0.25) is 14.4 Å². The van der Waals surface area contributed by atoms with Crippen LogP contribution < -0.4 is 0 Å². The van der Waals surface area contributed by atoms with Gasteiger partial charge in [-0.05, 0) is 48.7 Å². The molecule has 6 heteroatoms. The van der Waals surface area contributed by atoms with Crippen molar-refractivity contribution in [2.75, 3.05) is 6.61 Å². The maximum atomic E-state index is 12.1. The van der Waals surface area contributed by atoms with Crippen molar-refractivity contribution >= 4 is 17.9 Å². The molecule has 2 fully saturated rings. The van der Waals surface area contributed by atoms with E-state index in [1.165, 1.54) is 20.8 Å². The van der Waals surface area contributed by atoms with Gasteiger partial charge in [0.2, 0.25) is 0 Å². The summed E-state index contributed by atoms with van der Waals surface area (Å²) in [6, 6.07) is 0. The highest BCUT2D eigenvalue weighted by molar-refractivity contribution is 5.67. The summed E-state index contributed by atoms with van der Waals surface area (Å²) in [5.41, 5.74) is 0.152. The summed E-state index contributed by atoms with van der Waals surface area (Å²) in [6.07, 6.45) is 7.68. The van der Waals surface area contributed by atoms with Crippen molar-refractivity contribution in [3.63, 3.8) is 0 Å². The number of esters is 3. The summed E-state index contributed by atoms with van der Waals surface area (Å²) in [5.74, 6) is -0.798. The van der Waals surface area contributed by atoms with E-state index in [0.29, 0.717) is 6.61 Å². The molecule has 3 aliphatic carbocycles. The Bertz CT molecular complexity index is 830. The first-order valence-electron chi connectivity index (χ1n) is 11.7. The Morgan fingerprint density at radius 1 is 1.03 bits per heavy atom. The van der Waals surface area contributed by atoms with E-state index in [1.807, 2.05) is 12.2 Å². The highest BCUT2D eigenvalue weighted by Crippen LogP contribution is 2.64.